The van der Waals surface area contributed by atoms with Crippen LogP contribution in [0.4, 0.5) is 0 Å². The minimum Gasteiger partial charge on any atom is -0.309 e. The van der Waals surface area contributed by atoms with Gasteiger partial charge < -0.3 is 5.32 Å². The Hall–Kier alpha value is -0.900. The fourth-order valence-electron chi connectivity index (χ4n) is 3.24. The van der Waals surface area contributed by atoms with E-state index in [1.807, 2.05) is 17.9 Å². The van der Waals surface area contributed by atoms with Crippen LogP contribution in [-0.4, -0.2) is 21.5 Å². The topological polar surface area (TPSA) is 42.7 Å². The van der Waals surface area contributed by atoms with Crippen LogP contribution in [0.3, 0.4) is 0 Å². The molecule has 4 nitrogen and oxygen atoms in total. The summed E-state index contributed by atoms with van der Waals surface area (Å²) in [4.78, 5) is 0. The molecule has 4 heteroatoms. The number of nitrogens with one attached hydrogen (secondary N) is 1. The summed E-state index contributed by atoms with van der Waals surface area (Å²) < 4.78 is 1.92. The lowest BCUT2D eigenvalue weighted by Crippen LogP contribution is -2.32. The third-order valence-electron chi connectivity index (χ3n) is 4.43. The second-order valence-electron chi connectivity index (χ2n) is 5.51. The zero-order valence-electron chi connectivity index (χ0n) is 11.9. The summed E-state index contributed by atoms with van der Waals surface area (Å²) >= 11 is 0. The molecule has 0 radical (unpaired) electrons. The van der Waals surface area contributed by atoms with Crippen LogP contribution in [0.1, 0.15) is 57.7 Å². The minimum atomic E-state index is 0.424. The van der Waals surface area contributed by atoms with Gasteiger partial charge in [-0.3, -0.25) is 4.68 Å². The number of rotatable bonds is 5. The van der Waals surface area contributed by atoms with E-state index < -0.39 is 0 Å². The average molecular weight is 250 g/mol. The van der Waals surface area contributed by atoms with Crippen molar-refractivity contribution in [2.24, 2.45) is 18.9 Å². The van der Waals surface area contributed by atoms with Gasteiger partial charge in [-0.15, -0.1) is 5.10 Å². The van der Waals surface area contributed by atoms with E-state index >= 15 is 0 Å². The Balaban J connectivity index is 2.05. The summed E-state index contributed by atoms with van der Waals surface area (Å²) in [6.07, 6.45) is 8.69. The van der Waals surface area contributed by atoms with Gasteiger partial charge in [-0.1, -0.05) is 38.3 Å². The molecule has 0 aromatic carbocycles. The molecule has 1 aliphatic rings. The molecule has 0 amide bonds. The first-order valence-corrected chi connectivity index (χ1v) is 7.34. The third kappa shape index (κ3) is 2.91. The van der Waals surface area contributed by atoms with Crippen molar-refractivity contribution in [3.05, 3.63) is 11.9 Å². The van der Waals surface area contributed by atoms with Crippen molar-refractivity contribution in [3.63, 3.8) is 0 Å². The third-order valence-corrected chi connectivity index (χ3v) is 4.43. The van der Waals surface area contributed by atoms with Crippen LogP contribution in [-0.2, 0) is 7.05 Å². The van der Waals surface area contributed by atoms with Gasteiger partial charge in [-0.05, 0) is 31.2 Å². The monoisotopic (exact) mass is 250 g/mol. The van der Waals surface area contributed by atoms with E-state index in [0.29, 0.717) is 6.04 Å². The fraction of sp³-hybridized carbons (Fsp3) is 0.857. The fourth-order valence-corrected chi connectivity index (χ4v) is 3.24. The summed E-state index contributed by atoms with van der Waals surface area (Å²) in [6, 6.07) is 0.424. The molecule has 2 rings (SSSR count). The van der Waals surface area contributed by atoms with Gasteiger partial charge in [-0.2, -0.15) is 0 Å². The van der Waals surface area contributed by atoms with Crippen LogP contribution in [0, 0.1) is 11.8 Å². The van der Waals surface area contributed by atoms with Crippen molar-refractivity contribution < 1.29 is 0 Å². The summed E-state index contributed by atoms with van der Waals surface area (Å²) in [5.41, 5.74) is 1.23. The van der Waals surface area contributed by atoms with E-state index in [-0.39, 0.29) is 0 Å². The highest BCUT2D eigenvalue weighted by Gasteiger charge is 2.29. The van der Waals surface area contributed by atoms with Crippen LogP contribution >= 0.6 is 0 Å². The molecule has 1 saturated carbocycles. The highest BCUT2D eigenvalue weighted by atomic mass is 15.4. The van der Waals surface area contributed by atoms with Gasteiger partial charge in [-0.25, -0.2) is 0 Å². The standard InChI is InChI=1S/C14H26N4/c1-4-11-6-8-12(9-7-11)14(15-5-2)13-10-16-17-18(13)3/h10-12,14-15H,4-9H2,1-3H3. The van der Waals surface area contributed by atoms with E-state index in [9.17, 15) is 0 Å². The van der Waals surface area contributed by atoms with Gasteiger partial charge in [0, 0.05) is 7.05 Å². The Morgan fingerprint density at radius 1 is 1.33 bits per heavy atom. The van der Waals surface area contributed by atoms with Gasteiger partial charge in [0.1, 0.15) is 0 Å². The van der Waals surface area contributed by atoms with Crippen molar-refractivity contribution >= 4 is 0 Å². The molecular formula is C14H26N4. The molecule has 1 atom stereocenters. The molecule has 102 valence electrons. The molecule has 18 heavy (non-hydrogen) atoms. The van der Waals surface area contributed by atoms with E-state index in [1.165, 1.54) is 37.8 Å². The second-order valence-corrected chi connectivity index (χ2v) is 5.51. The zero-order valence-corrected chi connectivity index (χ0v) is 11.9. The molecule has 1 fully saturated rings. The first kappa shape index (κ1) is 13.5. The lowest BCUT2D eigenvalue weighted by atomic mass is 9.77. The molecule has 1 aliphatic carbocycles. The first-order chi connectivity index (χ1) is 8.76. The van der Waals surface area contributed by atoms with Crippen LogP contribution < -0.4 is 5.32 Å². The zero-order chi connectivity index (χ0) is 13.0. The Morgan fingerprint density at radius 3 is 2.56 bits per heavy atom. The maximum absolute atomic E-state index is 4.07. The predicted octanol–water partition coefficient (Wildman–Crippen LogP) is 2.68. The molecule has 0 saturated heterocycles. The van der Waals surface area contributed by atoms with Gasteiger partial charge >= 0.3 is 0 Å². The second kappa shape index (κ2) is 6.32. The predicted molar refractivity (Wildman–Crippen MR) is 73.2 cm³/mol. The van der Waals surface area contributed by atoms with Crippen molar-refractivity contribution in [2.45, 2.75) is 52.0 Å². The molecule has 1 N–H and O–H groups in total. The Kier molecular flexibility index (Phi) is 4.75. The number of aromatic nitrogens is 3. The lowest BCUT2D eigenvalue weighted by molar-refractivity contribution is 0.215. The highest BCUT2D eigenvalue weighted by molar-refractivity contribution is 5.04. The van der Waals surface area contributed by atoms with Gasteiger partial charge in [0.25, 0.3) is 0 Å². The van der Waals surface area contributed by atoms with Crippen molar-refractivity contribution in [1.82, 2.24) is 20.3 Å². The Morgan fingerprint density at radius 2 is 2.06 bits per heavy atom. The Bertz CT molecular complexity index is 352. The van der Waals surface area contributed by atoms with E-state index in [0.717, 1.165) is 18.4 Å². The molecule has 0 aliphatic heterocycles. The van der Waals surface area contributed by atoms with Gasteiger partial charge in [0.05, 0.1) is 17.9 Å². The number of hydrogen-bond acceptors (Lipinski definition) is 3. The molecular weight excluding hydrogens is 224 g/mol. The quantitative estimate of drug-likeness (QED) is 0.873. The van der Waals surface area contributed by atoms with Crippen LogP contribution in [0.15, 0.2) is 6.20 Å². The maximum atomic E-state index is 4.07. The SMILES string of the molecule is CCNC(c1cnnn1C)C1CCC(CC)CC1. The molecule has 1 aromatic heterocycles. The van der Waals surface area contributed by atoms with Crippen LogP contribution in [0.5, 0.6) is 0 Å². The average Bonchev–Trinajstić information content (AvgIpc) is 2.82. The summed E-state index contributed by atoms with van der Waals surface area (Å²) in [7, 11) is 1.99. The molecule has 1 heterocycles. The molecule has 1 unspecified atom stereocenters. The van der Waals surface area contributed by atoms with Gasteiger partial charge in [0.2, 0.25) is 0 Å². The van der Waals surface area contributed by atoms with E-state index in [2.05, 4.69) is 29.5 Å². The largest absolute Gasteiger partial charge is 0.309 e. The van der Waals surface area contributed by atoms with Gasteiger partial charge in [0.15, 0.2) is 0 Å². The van der Waals surface area contributed by atoms with E-state index in [4.69, 9.17) is 0 Å². The van der Waals surface area contributed by atoms with E-state index in [1.54, 1.807) is 0 Å². The van der Waals surface area contributed by atoms with Crippen molar-refractivity contribution in [1.29, 1.82) is 0 Å². The number of aryl methyl sites for hydroxylation is 1. The highest BCUT2D eigenvalue weighted by Crippen LogP contribution is 2.37. The number of nitrogens with zero attached hydrogens (tertiary/aromatic N) is 3. The maximum Gasteiger partial charge on any atom is 0.0756 e. The molecule has 1 aromatic rings. The summed E-state index contributed by atoms with van der Waals surface area (Å²) in [6.45, 7) is 5.50. The van der Waals surface area contributed by atoms with Crippen molar-refractivity contribution in [3.8, 4) is 0 Å². The Labute approximate surface area is 110 Å². The lowest BCUT2D eigenvalue weighted by Gasteiger charge is -2.33. The first-order valence-electron chi connectivity index (χ1n) is 7.34. The smallest absolute Gasteiger partial charge is 0.0756 e. The number of hydrogen-bond donors (Lipinski definition) is 1. The summed E-state index contributed by atoms with van der Waals surface area (Å²) in [5.74, 6) is 1.69. The normalized spacial score (nSPS) is 26.2. The van der Waals surface area contributed by atoms with Crippen LogP contribution in [0.25, 0.3) is 0 Å². The molecule has 0 bridgehead atoms. The summed E-state index contributed by atoms with van der Waals surface area (Å²) in [5, 5.41) is 11.7. The van der Waals surface area contributed by atoms with Crippen LogP contribution in [0.2, 0.25) is 0 Å². The van der Waals surface area contributed by atoms with Crippen molar-refractivity contribution in [2.75, 3.05) is 6.54 Å². The minimum absolute atomic E-state index is 0.424. The molecule has 0 spiro atoms.